The maximum Gasteiger partial charge on any atom is 0.0482 e. The first-order valence-corrected chi connectivity index (χ1v) is 7.51. The van der Waals surface area contributed by atoms with Crippen LogP contribution in [0.1, 0.15) is 11.4 Å². The van der Waals surface area contributed by atoms with Gasteiger partial charge in [0.15, 0.2) is 0 Å². The van der Waals surface area contributed by atoms with Crippen LogP contribution in [-0.2, 0) is 14.1 Å². The van der Waals surface area contributed by atoms with E-state index in [0.29, 0.717) is 0 Å². The highest BCUT2D eigenvalue weighted by atomic mass is 15.0. The molecule has 0 saturated heterocycles. The monoisotopic (exact) mass is 286 g/mol. The number of benzene rings is 2. The summed E-state index contributed by atoms with van der Waals surface area (Å²) in [4.78, 5) is 0. The Morgan fingerprint density at radius 1 is 0.636 bits per heavy atom. The molecular weight excluding hydrogens is 268 g/mol. The zero-order valence-corrected chi connectivity index (χ0v) is 12.8. The Kier molecular flexibility index (Phi) is 2.90. The molecule has 0 aliphatic carbocycles. The second-order valence-corrected chi connectivity index (χ2v) is 5.71. The molecule has 0 saturated carbocycles. The smallest absolute Gasteiger partial charge is 0.0482 e. The number of hydrogen-bond donors (Lipinski definition) is 0. The molecule has 0 aliphatic rings. The van der Waals surface area contributed by atoms with E-state index in [2.05, 4.69) is 96.0 Å². The molecule has 0 fully saturated rings. The molecule has 0 spiro atoms. The zero-order valence-electron chi connectivity index (χ0n) is 12.8. The summed E-state index contributed by atoms with van der Waals surface area (Å²) < 4.78 is 4.46. The van der Waals surface area contributed by atoms with E-state index in [9.17, 15) is 0 Å². The molecule has 2 heterocycles. The molecule has 0 radical (unpaired) electrons. The minimum absolute atomic E-state index is 1.21. The number of para-hydroxylation sites is 2. The van der Waals surface area contributed by atoms with E-state index in [1.165, 1.54) is 33.2 Å². The standard InChI is InChI=1S/C20H18N2/c1-21-17(13-15-7-3-5-9-19(15)21)11-12-18-14-16-8-4-6-10-20(16)22(18)2/h3-14H,1-2H3. The molecule has 2 aromatic carbocycles. The molecule has 0 amide bonds. The molecule has 108 valence electrons. The summed E-state index contributed by atoms with van der Waals surface area (Å²) in [7, 11) is 4.23. The van der Waals surface area contributed by atoms with Crippen LogP contribution in [0.25, 0.3) is 34.0 Å². The van der Waals surface area contributed by atoms with Crippen LogP contribution in [0.15, 0.2) is 60.7 Å². The number of aromatic nitrogens is 2. The first kappa shape index (κ1) is 13.0. The van der Waals surface area contributed by atoms with Gasteiger partial charge in [0.2, 0.25) is 0 Å². The van der Waals surface area contributed by atoms with Crippen LogP contribution in [0, 0.1) is 0 Å². The van der Waals surface area contributed by atoms with Gasteiger partial charge in [-0.1, -0.05) is 36.4 Å². The van der Waals surface area contributed by atoms with Gasteiger partial charge < -0.3 is 9.13 Å². The first-order valence-electron chi connectivity index (χ1n) is 7.51. The highest BCUT2D eigenvalue weighted by molar-refractivity contribution is 5.87. The van der Waals surface area contributed by atoms with Crippen molar-refractivity contribution >= 4 is 34.0 Å². The first-order chi connectivity index (χ1) is 10.7. The fraction of sp³-hybridized carbons (Fsp3) is 0.100. The van der Waals surface area contributed by atoms with E-state index in [1.807, 2.05) is 0 Å². The zero-order chi connectivity index (χ0) is 15.1. The predicted octanol–water partition coefficient (Wildman–Crippen LogP) is 4.84. The molecule has 0 unspecified atom stereocenters. The van der Waals surface area contributed by atoms with Gasteiger partial charge in [-0.2, -0.15) is 0 Å². The van der Waals surface area contributed by atoms with Gasteiger partial charge in [-0.25, -0.2) is 0 Å². The maximum absolute atomic E-state index is 2.23. The van der Waals surface area contributed by atoms with Crippen molar-refractivity contribution in [2.75, 3.05) is 0 Å². The molecule has 0 bridgehead atoms. The van der Waals surface area contributed by atoms with Crippen LogP contribution < -0.4 is 0 Å². The van der Waals surface area contributed by atoms with E-state index in [0.717, 1.165) is 0 Å². The number of aryl methyl sites for hydroxylation is 2. The molecule has 0 N–H and O–H groups in total. The topological polar surface area (TPSA) is 9.86 Å². The SMILES string of the molecule is Cn1c(C=Cc2cc3ccccc3n2C)cc2ccccc21. The van der Waals surface area contributed by atoms with Gasteiger partial charge in [0, 0.05) is 47.3 Å². The number of rotatable bonds is 2. The fourth-order valence-corrected chi connectivity index (χ4v) is 3.11. The summed E-state index contributed by atoms with van der Waals surface area (Å²) in [6.07, 6.45) is 4.38. The predicted molar refractivity (Wildman–Crippen MR) is 94.8 cm³/mol. The van der Waals surface area contributed by atoms with Gasteiger partial charge in [0.1, 0.15) is 0 Å². The van der Waals surface area contributed by atoms with E-state index >= 15 is 0 Å². The third-order valence-electron chi connectivity index (χ3n) is 4.40. The van der Waals surface area contributed by atoms with Crippen molar-refractivity contribution in [3.8, 4) is 0 Å². The van der Waals surface area contributed by atoms with Crippen molar-refractivity contribution in [2.45, 2.75) is 0 Å². The summed E-state index contributed by atoms with van der Waals surface area (Å²) in [5.74, 6) is 0. The molecule has 2 aromatic heterocycles. The van der Waals surface area contributed by atoms with Crippen LogP contribution in [0.2, 0.25) is 0 Å². The van der Waals surface area contributed by atoms with E-state index < -0.39 is 0 Å². The van der Waals surface area contributed by atoms with Crippen LogP contribution >= 0.6 is 0 Å². The van der Waals surface area contributed by atoms with Gasteiger partial charge in [0.25, 0.3) is 0 Å². The average Bonchev–Trinajstić information content (AvgIpc) is 3.04. The van der Waals surface area contributed by atoms with E-state index in [-0.39, 0.29) is 0 Å². The molecule has 4 rings (SSSR count). The van der Waals surface area contributed by atoms with Crippen molar-refractivity contribution in [2.24, 2.45) is 14.1 Å². The highest BCUT2D eigenvalue weighted by Crippen LogP contribution is 2.22. The fourth-order valence-electron chi connectivity index (χ4n) is 3.11. The second-order valence-electron chi connectivity index (χ2n) is 5.71. The quantitative estimate of drug-likeness (QED) is 0.499. The Morgan fingerprint density at radius 2 is 1.05 bits per heavy atom. The summed E-state index contributed by atoms with van der Waals surface area (Å²) in [5.41, 5.74) is 4.95. The van der Waals surface area contributed by atoms with Crippen molar-refractivity contribution in [1.29, 1.82) is 0 Å². The lowest BCUT2D eigenvalue weighted by Gasteiger charge is -2.00. The lowest BCUT2D eigenvalue weighted by Crippen LogP contribution is -1.91. The van der Waals surface area contributed by atoms with Gasteiger partial charge in [-0.15, -0.1) is 0 Å². The molecule has 4 aromatic rings. The number of fused-ring (bicyclic) bond motifs is 2. The molecule has 22 heavy (non-hydrogen) atoms. The minimum Gasteiger partial charge on any atom is -0.344 e. The summed E-state index contributed by atoms with van der Waals surface area (Å²) in [6.45, 7) is 0. The van der Waals surface area contributed by atoms with Gasteiger partial charge >= 0.3 is 0 Å². The maximum atomic E-state index is 2.23. The van der Waals surface area contributed by atoms with E-state index in [1.54, 1.807) is 0 Å². The number of hydrogen-bond acceptors (Lipinski definition) is 0. The van der Waals surface area contributed by atoms with Crippen LogP contribution in [0.4, 0.5) is 0 Å². The highest BCUT2D eigenvalue weighted by Gasteiger charge is 2.04. The minimum atomic E-state index is 1.21. The molecule has 0 atom stereocenters. The summed E-state index contributed by atoms with van der Waals surface area (Å²) in [6, 6.07) is 21.4. The van der Waals surface area contributed by atoms with Gasteiger partial charge in [-0.3, -0.25) is 0 Å². The molecular formula is C20H18N2. The normalized spacial score (nSPS) is 11.9. The Morgan fingerprint density at radius 3 is 1.45 bits per heavy atom. The third kappa shape index (κ3) is 1.96. The Balaban J connectivity index is 1.79. The lowest BCUT2D eigenvalue weighted by molar-refractivity contribution is 0.949. The van der Waals surface area contributed by atoms with Gasteiger partial charge in [0.05, 0.1) is 0 Å². The van der Waals surface area contributed by atoms with Crippen molar-refractivity contribution < 1.29 is 0 Å². The third-order valence-corrected chi connectivity index (χ3v) is 4.40. The largest absolute Gasteiger partial charge is 0.344 e. The Bertz CT molecular complexity index is 917. The van der Waals surface area contributed by atoms with Gasteiger partial charge in [-0.05, 0) is 36.4 Å². The van der Waals surface area contributed by atoms with Crippen molar-refractivity contribution in [1.82, 2.24) is 9.13 Å². The second kappa shape index (κ2) is 4.92. The number of nitrogens with zero attached hydrogens (tertiary/aromatic N) is 2. The van der Waals surface area contributed by atoms with Crippen LogP contribution in [0.3, 0.4) is 0 Å². The average molecular weight is 286 g/mol. The van der Waals surface area contributed by atoms with Crippen molar-refractivity contribution in [3.05, 3.63) is 72.1 Å². The summed E-state index contributed by atoms with van der Waals surface area (Å²) in [5, 5.41) is 2.56. The lowest BCUT2D eigenvalue weighted by atomic mass is 10.2. The molecule has 2 heteroatoms. The Hall–Kier alpha value is -2.74. The molecule has 2 nitrogen and oxygen atoms in total. The van der Waals surface area contributed by atoms with E-state index in [4.69, 9.17) is 0 Å². The van der Waals surface area contributed by atoms with Crippen LogP contribution in [0.5, 0.6) is 0 Å². The van der Waals surface area contributed by atoms with Crippen molar-refractivity contribution in [3.63, 3.8) is 0 Å². The Labute approximate surface area is 129 Å². The van der Waals surface area contributed by atoms with Crippen LogP contribution in [-0.4, -0.2) is 9.13 Å². The molecule has 0 aliphatic heterocycles. The summed E-state index contributed by atoms with van der Waals surface area (Å²) >= 11 is 0.